The molecule has 156 valence electrons. The maximum Gasteiger partial charge on any atom is 0.262 e. The molecule has 1 heterocycles. The number of ether oxygens (including phenoxy) is 2. The SMILES string of the molecule is COc1cc(CC(C)(C)NC[C@H](O)c2cc(O)cc3c2OCC(=O)N3)ccc1F. The summed E-state index contributed by atoms with van der Waals surface area (Å²) in [5.74, 6) is -0.293. The number of aliphatic hydroxyl groups is 1. The summed E-state index contributed by atoms with van der Waals surface area (Å²) in [5, 5.41) is 26.5. The Labute approximate surface area is 168 Å². The highest BCUT2D eigenvalue weighted by Crippen LogP contribution is 2.38. The van der Waals surface area contributed by atoms with Crippen LogP contribution in [0.2, 0.25) is 0 Å². The molecule has 1 amide bonds. The number of benzene rings is 2. The van der Waals surface area contributed by atoms with E-state index in [2.05, 4.69) is 10.6 Å². The van der Waals surface area contributed by atoms with Crippen molar-refractivity contribution in [1.82, 2.24) is 5.32 Å². The minimum atomic E-state index is -0.979. The highest BCUT2D eigenvalue weighted by atomic mass is 19.1. The highest BCUT2D eigenvalue weighted by Gasteiger charge is 2.26. The summed E-state index contributed by atoms with van der Waals surface area (Å²) >= 11 is 0. The third kappa shape index (κ3) is 4.96. The van der Waals surface area contributed by atoms with Crippen LogP contribution in [0.3, 0.4) is 0 Å². The Kier molecular flexibility index (Phi) is 5.95. The summed E-state index contributed by atoms with van der Waals surface area (Å²) in [5.41, 5.74) is 1.17. The Balaban J connectivity index is 1.70. The van der Waals surface area contributed by atoms with Gasteiger partial charge < -0.3 is 30.3 Å². The van der Waals surface area contributed by atoms with Gasteiger partial charge in [-0.05, 0) is 44.0 Å². The largest absolute Gasteiger partial charge is 0.508 e. The van der Waals surface area contributed by atoms with Crippen molar-refractivity contribution in [3.63, 3.8) is 0 Å². The number of carbonyl (C=O) groups excluding carboxylic acids is 1. The zero-order valence-electron chi connectivity index (χ0n) is 16.6. The number of β-amino-alcohol motifs (C(OH)–C–C–N with tert-alkyl or cyclic N) is 1. The number of halogens is 1. The second-order valence-corrected chi connectivity index (χ2v) is 7.67. The molecule has 8 heteroatoms. The van der Waals surface area contributed by atoms with Crippen LogP contribution in [-0.4, -0.2) is 41.9 Å². The summed E-state index contributed by atoms with van der Waals surface area (Å²) < 4.78 is 24.1. The van der Waals surface area contributed by atoms with Crippen molar-refractivity contribution < 1.29 is 28.9 Å². The van der Waals surface area contributed by atoms with Gasteiger partial charge in [-0.3, -0.25) is 4.79 Å². The van der Waals surface area contributed by atoms with Gasteiger partial charge in [-0.2, -0.15) is 0 Å². The van der Waals surface area contributed by atoms with Gasteiger partial charge in [0.15, 0.2) is 18.2 Å². The normalized spacial score (nSPS) is 14.6. The highest BCUT2D eigenvalue weighted by molar-refractivity contribution is 5.96. The molecule has 0 aliphatic carbocycles. The number of methoxy groups -OCH3 is 1. The molecule has 0 aromatic heterocycles. The van der Waals surface area contributed by atoms with Crippen molar-refractivity contribution in [2.24, 2.45) is 0 Å². The van der Waals surface area contributed by atoms with Crippen LogP contribution in [0.15, 0.2) is 30.3 Å². The number of fused-ring (bicyclic) bond motifs is 1. The fraction of sp³-hybridized carbons (Fsp3) is 0.381. The van der Waals surface area contributed by atoms with Gasteiger partial charge in [0.1, 0.15) is 11.5 Å². The van der Waals surface area contributed by atoms with Crippen molar-refractivity contribution >= 4 is 11.6 Å². The second-order valence-electron chi connectivity index (χ2n) is 7.67. The first-order chi connectivity index (χ1) is 13.7. The summed E-state index contributed by atoms with van der Waals surface area (Å²) in [6.07, 6.45) is -0.408. The number of carbonyl (C=O) groups is 1. The van der Waals surface area contributed by atoms with Crippen molar-refractivity contribution in [2.75, 3.05) is 25.6 Å². The lowest BCUT2D eigenvalue weighted by atomic mass is 9.94. The molecule has 7 nitrogen and oxygen atoms in total. The second kappa shape index (κ2) is 8.26. The zero-order chi connectivity index (χ0) is 21.2. The molecule has 2 aromatic rings. The summed E-state index contributed by atoms with van der Waals surface area (Å²) in [7, 11) is 1.42. The average Bonchev–Trinajstić information content (AvgIpc) is 2.66. The Morgan fingerprint density at radius 2 is 2.10 bits per heavy atom. The number of anilines is 1. The first-order valence-electron chi connectivity index (χ1n) is 9.23. The molecule has 0 saturated heterocycles. The molecule has 29 heavy (non-hydrogen) atoms. The van der Waals surface area contributed by atoms with Gasteiger partial charge in [0.2, 0.25) is 0 Å². The maximum atomic E-state index is 13.6. The number of rotatable bonds is 7. The van der Waals surface area contributed by atoms with Gasteiger partial charge in [-0.1, -0.05) is 6.07 Å². The molecule has 0 spiro atoms. The third-order valence-electron chi connectivity index (χ3n) is 4.72. The van der Waals surface area contributed by atoms with E-state index in [1.165, 1.54) is 25.3 Å². The van der Waals surface area contributed by atoms with Gasteiger partial charge in [0.25, 0.3) is 5.91 Å². The van der Waals surface area contributed by atoms with Crippen molar-refractivity contribution in [3.8, 4) is 17.2 Å². The minimum Gasteiger partial charge on any atom is -0.508 e. The molecular formula is C21H25FN2O5. The molecule has 1 atom stereocenters. The van der Waals surface area contributed by atoms with E-state index in [0.717, 1.165) is 5.56 Å². The quantitative estimate of drug-likeness (QED) is 0.566. The summed E-state index contributed by atoms with van der Waals surface area (Å²) in [6, 6.07) is 7.50. The average molecular weight is 404 g/mol. The van der Waals surface area contributed by atoms with E-state index < -0.39 is 17.5 Å². The van der Waals surface area contributed by atoms with Crippen LogP contribution >= 0.6 is 0 Å². The predicted octanol–water partition coefficient (Wildman–Crippen LogP) is 2.52. The first kappa shape index (κ1) is 20.9. The van der Waals surface area contributed by atoms with Crippen LogP contribution in [0.1, 0.15) is 31.1 Å². The van der Waals surface area contributed by atoms with Crippen molar-refractivity contribution in [3.05, 3.63) is 47.3 Å². The Hall–Kier alpha value is -2.84. The van der Waals surface area contributed by atoms with E-state index >= 15 is 0 Å². The lowest BCUT2D eigenvalue weighted by Gasteiger charge is -2.29. The number of nitrogens with one attached hydrogen (secondary N) is 2. The van der Waals surface area contributed by atoms with Crippen molar-refractivity contribution in [1.29, 1.82) is 0 Å². The molecule has 4 N–H and O–H groups in total. The van der Waals surface area contributed by atoms with Crippen molar-refractivity contribution in [2.45, 2.75) is 31.9 Å². The van der Waals surface area contributed by atoms with Crippen LogP contribution in [0, 0.1) is 5.82 Å². The predicted molar refractivity (Wildman–Crippen MR) is 106 cm³/mol. The van der Waals surface area contributed by atoms with E-state index in [1.807, 2.05) is 13.8 Å². The third-order valence-corrected chi connectivity index (χ3v) is 4.72. The van der Waals surface area contributed by atoms with Gasteiger partial charge in [0.05, 0.1) is 18.9 Å². The van der Waals surface area contributed by atoms with E-state index in [-0.39, 0.29) is 30.6 Å². The van der Waals surface area contributed by atoms with Crippen LogP contribution in [0.4, 0.5) is 10.1 Å². The van der Waals surface area contributed by atoms with Crippen LogP contribution < -0.4 is 20.1 Å². The summed E-state index contributed by atoms with van der Waals surface area (Å²) in [4.78, 5) is 11.5. The number of amides is 1. The molecule has 2 aromatic carbocycles. The van der Waals surface area contributed by atoms with Crippen LogP contribution in [0.5, 0.6) is 17.2 Å². The molecule has 0 bridgehead atoms. The Bertz CT molecular complexity index is 916. The molecule has 0 saturated carbocycles. The molecular weight excluding hydrogens is 379 g/mol. The maximum absolute atomic E-state index is 13.6. The summed E-state index contributed by atoms with van der Waals surface area (Å²) in [6.45, 7) is 3.95. The fourth-order valence-corrected chi connectivity index (χ4v) is 3.33. The van der Waals surface area contributed by atoms with Crippen LogP contribution in [0.25, 0.3) is 0 Å². The molecule has 1 aliphatic rings. The van der Waals surface area contributed by atoms with Gasteiger partial charge >= 0.3 is 0 Å². The molecule has 3 rings (SSSR count). The van der Waals surface area contributed by atoms with E-state index in [1.54, 1.807) is 12.1 Å². The fourth-order valence-electron chi connectivity index (χ4n) is 3.33. The lowest BCUT2D eigenvalue weighted by molar-refractivity contribution is -0.118. The first-order valence-corrected chi connectivity index (χ1v) is 9.23. The molecule has 0 unspecified atom stereocenters. The topological polar surface area (TPSA) is 100 Å². The lowest BCUT2D eigenvalue weighted by Crippen LogP contribution is -2.43. The number of hydrogen-bond donors (Lipinski definition) is 4. The standard InChI is InChI=1S/C21H25FN2O5/c1-21(2,9-12-4-5-15(22)18(6-12)28-3)23-10-17(26)14-7-13(25)8-16-20(14)29-11-19(27)24-16/h4-8,17,23,25-26H,9-11H2,1-3H3,(H,24,27)/t17-/m0/s1. The number of aliphatic hydroxyl groups excluding tert-OH is 1. The van der Waals surface area contributed by atoms with E-state index in [9.17, 15) is 19.4 Å². The van der Waals surface area contributed by atoms with Gasteiger partial charge in [-0.15, -0.1) is 0 Å². The number of phenols is 1. The number of aromatic hydroxyl groups is 1. The van der Waals surface area contributed by atoms with Gasteiger partial charge in [-0.25, -0.2) is 4.39 Å². The monoisotopic (exact) mass is 404 g/mol. The van der Waals surface area contributed by atoms with Gasteiger partial charge in [0, 0.05) is 23.7 Å². The minimum absolute atomic E-state index is 0.0822. The van der Waals surface area contributed by atoms with Crippen LogP contribution in [-0.2, 0) is 11.2 Å². The number of hydrogen-bond acceptors (Lipinski definition) is 6. The Morgan fingerprint density at radius 3 is 2.83 bits per heavy atom. The smallest absolute Gasteiger partial charge is 0.262 e. The molecule has 0 radical (unpaired) electrons. The molecule has 1 aliphatic heterocycles. The van der Waals surface area contributed by atoms with E-state index in [4.69, 9.17) is 9.47 Å². The zero-order valence-corrected chi connectivity index (χ0v) is 16.6. The molecule has 0 fully saturated rings. The Morgan fingerprint density at radius 1 is 1.34 bits per heavy atom. The number of phenolic OH excluding ortho intramolecular Hbond substituents is 1. The van der Waals surface area contributed by atoms with E-state index in [0.29, 0.717) is 23.4 Å².